The normalized spacial score (nSPS) is 16.8. The molecule has 0 aliphatic carbocycles. The maximum Gasteiger partial charge on any atom is 0.0317 e. The van der Waals surface area contributed by atoms with Gasteiger partial charge in [0.2, 0.25) is 0 Å². The van der Waals surface area contributed by atoms with Gasteiger partial charge < -0.3 is 5.73 Å². The fraction of sp³-hybridized carbons (Fsp3) is 0.0909. The predicted molar refractivity (Wildman–Crippen MR) is 61.1 cm³/mol. The zero-order chi connectivity index (χ0) is 9.26. The molecule has 0 saturated heterocycles. The molecule has 0 radical (unpaired) electrons. The number of hydrogen-bond acceptors (Lipinski definition) is 1. The lowest BCUT2D eigenvalue weighted by molar-refractivity contribution is 1.31. The van der Waals surface area contributed by atoms with Crippen molar-refractivity contribution in [2.45, 2.75) is 11.8 Å². The minimum absolute atomic E-state index is 0.190. The van der Waals surface area contributed by atoms with E-state index in [-0.39, 0.29) is 10.9 Å². The molecular formula is C11H13NS. The van der Waals surface area contributed by atoms with E-state index in [0.717, 1.165) is 5.69 Å². The lowest BCUT2D eigenvalue weighted by Gasteiger charge is -2.13. The van der Waals surface area contributed by atoms with Crippen LogP contribution in [0, 0.1) is 6.92 Å². The van der Waals surface area contributed by atoms with Gasteiger partial charge in [0.25, 0.3) is 0 Å². The van der Waals surface area contributed by atoms with Gasteiger partial charge in [0.1, 0.15) is 0 Å². The van der Waals surface area contributed by atoms with Crippen molar-refractivity contribution in [3.05, 3.63) is 46.7 Å². The summed E-state index contributed by atoms with van der Waals surface area (Å²) in [6, 6.07) is 6.15. The second-order valence-corrected chi connectivity index (χ2v) is 5.03. The smallest absolute Gasteiger partial charge is 0.0317 e. The number of nitrogen functional groups attached to an aromatic ring is 1. The third-order valence-electron chi connectivity index (χ3n) is 2.10. The van der Waals surface area contributed by atoms with Gasteiger partial charge in [0.05, 0.1) is 0 Å². The van der Waals surface area contributed by atoms with Crippen LogP contribution in [0.2, 0.25) is 0 Å². The largest absolute Gasteiger partial charge is 0.399 e. The van der Waals surface area contributed by atoms with Gasteiger partial charge in [0.15, 0.2) is 0 Å². The van der Waals surface area contributed by atoms with E-state index in [2.05, 4.69) is 36.0 Å². The Morgan fingerprint density at radius 2 is 1.85 bits per heavy atom. The molecule has 2 heteroatoms. The Morgan fingerprint density at radius 1 is 1.15 bits per heavy atom. The summed E-state index contributed by atoms with van der Waals surface area (Å²) in [4.78, 5) is 1.41. The van der Waals surface area contributed by atoms with Crippen molar-refractivity contribution >= 4 is 16.6 Å². The molecule has 0 bridgehead atoms. The molecule has 13 heavy (non-hydrogen) atoms. The van der Waals surface area contributed by atoms with Crippen LogP contribution >= 0.6 is 10.9 Å². The first-order valence-electron chi connectivity index (χ1n) is 4.27. The molecular weight excluding hydrogens is 178 g/mol. The van der Waals surface area contributed by atoms with Gasteiger partial charge in [-0.25, -0.2) is 0 Å². The number of nitrogens with two attached hydrogens (primary N) is 1. The highest BCUT2D eigenvalue weighted by molar-refractivity contribution is 8.22. The van der Waals surface area contributed by atoms with Crippen LogP contribution in [0.15, 0.2) is 46.1 Å². The molecule has 68 valence electrons. The molecule has 0 amide bonds. The first kappa shape index (κ1) is 8.45. The number of anilines is 1. The third-order valence-corrected chi connectivity index (χ3v) is 4.15. The van der Waals surface area contributed by atoms with Crippen LogP contribution in [0.25, 0.3) is 0 Å². The quantitative estimate of drug-likeness (QED) is 0.518. The molecule has 1 aliphatic rings. The lowest BCUT2D eigenvalue weighted by Crippen LogP contribution is -1.88. The standard InChI is InChI=1S/C11H13NS/c1-9-8-10(12)4-5-11(9)13-6-2-3-7-13/h2-8,13H,12H2,1H3. The van der Waals surface area contributed by atoms with E-state index in [0.29, 0.717) is 0 Å². The van der Waals surface area contributed by atoms with E-state index in [1.165, 1.54) is 10.5 Å². The summed E-state index contributed by atoms with van der Waals surface area (Å²) in [6.07, 6.45) is 4.23. The average Bonchev–Trinajstić information content (AvgIpc) is 2.56. The zero-order valence-corrected chi connectivity index (χ0v) is 8.46. The maximum atomic E-state index is 5.70. The topological polar surface area (TPSA) is 26.0 Å². The molecule has 0 unspecified atom stereocenters. The Labute approximate surface area is 81.3 Å². The van der Waals surface area contributed by atoms with Gasteiger partial charge in [-0.15, -0.1) is 0 Å². The van der Waals surface area contributed by atoms with E-state index in [1.54, 1.807) is 0 Å². The van der Waals surface area contributed by atoms with E-state index >= 15 is 0 Å². The Balaban J connectivity index is 2.40. The first-order valence-corrected chi connectivity index (χ1v) is 5.75. The lowest BCUT2D eigenvalue weighted by atomic mass is 10.2. The second-order valence-electron chi connectivity index (χ2n) is 3.14. The van der Waals surface area contributed by atoms with Crippen LogP contribution in [-0.4, -0.2) is 0 Å². The summed E-state index contributed by atoms with van der Waals surface area (Å²) in [7, 11) is -0.190. The SMILES string of the molecule is Cc1cc(N)ccc1[SH]1C=CC=C1. The fourth-order valence-corrected chi connectivity index (χ4v) is 3.17. The van der Waals surface area contributed by atoms with E-state index in [1.807, 2.05) is 12.1 Å². The number of allylic oxidation sites excluding steroid dienone is 2. The molecule has 0 saturated carbocycles. The minimum atomic E-state index is -0.190. The number of hydrogen-bond donors (Lipinski definition) is 2. The molecule has 0 atom stereocenters. The molecule has 0 aromatic heterocycles. The Bertz CT molecular complexity index is 368. The minimum Gasteiger partial charge on any atom is -0.399 e. The van der Waals surface area contributed by atoms with Gasteiger partial charge in [0, 0.05) is 5.69 Å². The van der Waals surface area contributed by atoms with Crippen molar-refractivity contribution < 1.29 is 0 Å². The molecule has 1 aromatic carbocycles. The van der Waals surface area contributed by atoms with Gasteiger partial charge in [-0.1, -0.05) is 12.2 Å². The van der Waals surface area contributed by atoms with Crippen LogP contribution in [0.4, 0.5) is 5.69 Å². The Hall–Kier alpha value is -1.15. The molecule has 2 rings (SSSR count). The third kappa shape index (κ3) is 1.63. The molecule has 1 aromatic rings. The highest BCUT2D eigenvalue weighted by atomic mass is 32.2. The Kier molecular flexibility index (Phi) is 2.15. The molecule has 2 N–H and O–H groups in total. The molecule has 0 spiro atoms. The molecule has 0 fully saturated rings. The van der Waals surface area contributed by atoms with Crippen molar-refractivity contribution in [2.24, 2.45) is 0 Å². The summed E-state index contributed by atoms with van der Waals surface area (Å²) in [6.45, 7) is 2.12. The van der Waals surface area contributed by atoms with E-state index < -0.39 is 0 Å². The van der Waals surface area contributed by atoms with Crippen molar-refractivity contribution in [2.75, 3.05) is 5.73 Å². The fourth-order valence-electron chi connectivity index (χ4n) is 1.46. The van der Waals surface area contributed by atoms with Gasteiger partial charge in [-0.3, -0.25) is 0 Å². The van der Waals surface area contributed by atoms with Gasteiger partial charge >= 0.3 is 0 Å². The monoisotopic (exact) mass is 191 g/mol. The summed E-state index contributed by atoms with van der Waals surface area (Å²) < 4.78 is 0. The average molecular weight is 191 g/mol. The van der Waals surface area contributed by atoms with Crippen molar-refractivity contribution in [1.29, 1.82) is 0 Å². The second kappa shape index (κ2) is 3.30. The summed E-state index contributed by atoms with van der Waals surface area (Å²) in [5, 5.41) is 4.52. The molecule has 1 heterocycles. The van der Waals surface area contributed by atoms with Crippen LogP contribution in [0.1, 0.15) is 5.56 Å². The highest BCUT2D eigenvalue weighted by Gasteiger charge is 2.05. The van der Waals surface area contributed by atoms with Crippen molar-refractivity contribution in [3.8, 4) is 0 Å². The maximum absolute atomic E-state index is 5.70. The summed E-state index contributed by atoms with van der Waals surface area (Å²) in [5.41, 5.74) is 7.84. The Morgan fingerprint density at radius 3 is 2.46 bits per heavy atom. The predicted octanol–water partition coefficient (Wildman–Crippen LogP) is 2.98. The number of rotatable bonds is 1. The summed E-state index contributed by atoms with van der Waals surface area (Å²) >= 11 is 0. The highest BCUT2D eigenvalue weighted by Crippen LogP contribution is 2.43. The molecule has 1 aliphatic heterocycles. The van der Waals surface area contributed by atoms with Gasteiger partial charge in [-0.05, 0) is 46.4 Å². The van der Waals surface area contributed by atoms with Gasteiger partial charge in [-0.2, -0.15) is 10.9 Å². The van der Waals surface area contributed by atoms with Crippen molar-refractivity contribution in [1.82, 2.24) is 0 Å². The number of thiol groups is 1. The van der Waals surface area contributed by atoms with Crippen LogP contribution in [-0.2, 0) is 0 Å². The van der Waals surface area contributed by atoms with Crippen LogP contribution < -0.4 is 5.73 Å². The van der Waals surface area contributed by atoms with Crippen LogP contribution in [0.3, 0.4) is 0 Å². The van der Waals surface area contributed by atoms with E-state index in [4.69, 9.17) is 5.73 Å². The first-order chi connectivity index (χ1) is 6.27. The van der Waals surface area contributed by atoms with Crippen LogP contribution in [0.5, 0.6) is 0 Å². The number of benzene rings is 1. The zero-order valence-electron chi connectivity index (χ0n) is 7.57. The number of aryl methyl sites for hydroxylation is 1. The summed E-state index contributed by atoms with van der Waals surface area (Å²) in [5.74, 6) is 0. The molecule has 1 nitrogen and oxygen atoms in total. The van der Waals surface area contributed by atoms with Crippen molar-refractivity contribution in [3.63, 3.8) is 0 Å². The van der Waals surface area contributed by atoms with E-state index in [9.17, 15) is 0 Å².